The molecule has 16 rings (SSSR count). The summed E-state index contributed by atoms with van der Waals surface area (Å²) in [5.41, 5.74) is 31.8. The molecule has 0 saturated carbocycles. The van der Waals surface area contributed by atoms with Crippen LogP contribution in [0.5, 0.6) is 11.5 Å². The molecule has 4 heteroatoms. The molecule has 62 heavy (non-hydrogen) atoms. The normalized spacial score (nSPS) is 26.2. The number of hydrogen-bond donors (Lipinski definition) is 0. The fourth-order valence-corrected chi connectivity index (χ4v) is 12.2. The highest BCUT2D eigenvalue weighted by molar-refractivity contribution is 5.96. The number of carbonyl (C=O) groups is 2. The van der Waals surface area contributed by atoms with Gasteiger partial charge in [-0.3, -0.25) is 0 Å². The average Bonchev–Trinajstić information content (AvgIpc) is 3.32. The van der Waals surface area contributed by atoms with Crippen molar-refractivity contribution in [3.63, 3.8) is 0 Å². The van der Waals surface area contributed by atoms with Gasteiger partial charge >= 0.3 is 11.9 Å². The summed E-state index contributed by atoms with van der Waals surface area (Å²) in [4.78, 5) is 28.3. The molecule has 14 aliphatic rings. The van der Waals surface area contributed by atoms with Crippen LogP contribution in [0.4, 0.5) is 0 Å². The van der Waals surface area contributed by atoms with Crippen molar-refractivity contribution in [3.8, 4) is 22.6 Å². The SMILES string of the molecule is CC1CCC2C3=C=C=C(C=C3)C3=C=C=C(C=C3)C(=O)Oc3ccc4c(c3-c3c(ccc5c3CCCC5)OC(=O)C3=CC=C(CC3)C3=CC=C(CC3)C3CCC(C)C1=C23)CCCC4. The van der Waals surface area contributed by atoms with Crippen LogP contribution in [0.3, 0.4) is 0 Å². The molecule has 6 aliphatic heterocycles. The van der Waals surface area contributed by atoms with Gasteiger partial charge in [0.05, 0.1) is 0 Å². The Morgan fingerprint density at radius 2 is 1.02 bits per heavy atom. The maximum Gasteiger partial charge on any atom is 0.352 e. The Morgan fingerprint density at radius 3 is 1.60 bits per heavy atom. The van der Waals surface area contributed by atoms with E-state index in [9.17, 15) is 9.59 Å². The van der Waals surface area contributed by atoms with Gasteiger partial charge in [-0.15, -0.1) is 0 Å². The van der Waals surface area contributed by atoms with Gasteiger partial charge in [0, 0.05) is 45.3 Å². The first-order valence-electron chi connectivity index (χ1n) is 23.5. The van der Waals surface area contributed by atoms with Gasteiger partial charge < -0.3 is 9.47 Å². The molecule has 0 amide bonds. The summed E-state index contributed by atoms with van der Waals surface area (Å²) < 4.78 is 12.9. The van der Waals surface area contributed by atoms with Crippen LogP contribution in [0, 0.1) is 23.7 Å². The topological polar surface area (TPSA) is 52.6 Å². The van der Waals surface area contributed by atoms with Gasteiger partial charge in [-0.05, 0) is 184 Å². The molecular formula is C58H54O4. The number of aryl methyl sites for hydroxylation is 2. The zero-order chi connectivity index (χ0) is 41.9. The molecule has 0 spiro atoms. The number of fused-ring (bicyclic) bond motifs is 3. The number of esters is 2. The lowest BCUT2D eigenvalue weighted by Gasteiger charge is -2.44. The van der Waals surface area contributed by atoms with Crippen molar-refractivity contribution in [1.29, 1.82) is 0 Å². The fourth-order valence-electron chi connectivity index (χ4n) is 12.2. The van der Waals surface area contributed by atoms with E-state index in [1.54, 1.807) is 22.8 Å². The minimum atomic E-state index is -0.488. The van der Waals surface area contributed by atoms with Crippen LogP contribution in [0.15, 0.2) is 152 Å². The van der Waals surface area contributed by atoms with Crippen molar-refractivity contribution < 1.29 is 19.1 Å². The van der Waals surface area contributed by atoms with E-state index in [1.165, 1.54) is 58.2 Å². The second-order valence-corrected chi connectivity index (χ2v) is 19.0. The van der Waals surface area contributed by atoms with Crippen LogP contribution in [-0.2, 0) is 35.3 Å². The molecule has 4 unspecified atom stereocenters. The maximum absolute atomic E-state index is 14.2. The van der Waals surface area contributed by atoms with Crippen LogP contribution >= 0.6 is 0 Å². The fraction of sp³-hybridized carbons (Fsp3) is 0.379. The Kier molecular flexibility index (Phi) is 10.2. The molecule has 4 nitrogen and oxygen atoms in total. The third-order valence-corrected chi connectivity index (χ3v) is 15.4. The lowest BCUT2D eigenvalue weighted by molar-refractivity contribution is -0.131. The lowest BCUT2D eigenvalue weighted by Crippen LogP contribution is -2.32. The summed E-state index contributed by atoms with van der Waals surface area (Å²) in [5, 5.41) is 0. The first-order chi connectivity index (χ1) is 30.4. The van der Waals surface area contributed by atoms with E-state index in [0.29, 0.717) is 52.7 Å². The van der Waals surface area contributed by atoms with Gasteiger partial charge in [0.25, 0.3) is 0 Å². The molecule has 0 saturated heterocycles. The van der Waals surface area contributed by atoms with Gasteiger partial charge in [0.2, 0.25) is 0 Å². The number of benzene rings is 2. The molecule has 0 fully saturated rings. The van der Waals surface area contributed by atoms with Gasteiger partial charge in [-0.25, -0.2) is 9.59 Å². The first kappa shape index (κ1) is 39.0. The van der Waals surface area contributed by atoms with E-state index in [-0.39, 0.29) is 5.97 Å². The minimum Gasteiger partial charge on any atom is -0.422 e. The van der Waals surface area contributed by atoms with Gasteiger partial charge in [0.1, 0.15) is 17.1 Å². The molecule has 0 N–H and O–H groups in total. The Hall–Kier alpha value is -5.84. The number of rotatable bonds is 0. The smallest absolute Gasteiger partial charge is 0.352 e. The van der Waals surface area contributed by atoms with E-state index in [1.807, 2.05) is 24.3 Å². The van der Waals surface area contributed by atoms with Crippen molar-refractivity contribution in [2.75, 3.05) is 0 Å². The van der Waals surface area contributed by atoms with Crippen LogP contribution in [0.25, 0.3) is 11.1 Å². The van der Waals surface area contributed by atoms with Crippen molar-refractivity contribution in [2.45, 2.75) is 117 Å². The standard InChI is InChI=1S/C58H54O4/c1-35-11-31-49-43-21-13-37(14-22-43)39-17-25-45(26-18-39)57(59)61-51-33-29-41-7-3-5-9-47(41)55(51)56-48-10-6-4-8-42(48)30-34-52(56)62-58(60)46-27-19-40(20-28-46)38-15-23-44(24-16-38)50-32-12-36(2)53(35)54(49)50/h13,15,17,19,21,23,25,27,29-30,33-36,49-50H,3-12,14,18,22,26,31-32H2,1-2H3. The highest BCUT2D eigenvalue weighted by Gasteiger charge is 2.40. The predicted molar refractivity (Wildman–Crippen MR) is 244 cm³/mol. The van der Waals surface area contributed by atoms with E-state index in [2.05, 4.69) is 79.3 Å². The maximum atomic E-state index is 14.2. The summed E-state index contributed by atoms with van der Waals surface area (Å²) in [6, 6.07) is 8.19. The van der Waals surface area contributed by atoms with E-state index in [0.717, 1.165) is 99.3 Å². The van der Waals surface area contributed by atoms with E-state index >= 15 is 0 Å². The van der Waals surface area contributed by atoms with Crippen molar-refractivity contribution >= 4 is 11.9 Å². The second kappa shape index (κ2) is 16.1. The molecule has 0 radical (unpaired) electrons. The highest BCUT2D eigenvalue weighted by Crippen LogP contribution is 2.53. The van der Waals surface area contributed by atoms with Gasteiger partial charge in [0.15, 0.2) is 0 Å². The highest BCUT2D eigenvalue weighted by atomic mass is 16.5. The van der Waals surface area contributed by atoms with Crippen LogP contribution in [0.1, 0.15) is 113 Å². The average molecular weight is 815 g/mol. The molecule has 8 aliphatic carbocycles. The Balaban J connectivity index is 1.07. The van der Waals surface area contributed by atoms with Crippen molar-refractivity contribution in [3.05, 3.63) is 174 Å². The summed E-state index contributed by atoms with van der Waals surface area (Å²) in [6.45, 7) is 4.88. The molecule has 8 bridgehead atoms. The van der Waals surface area contributed by atoms with Crippen LogP contribution < -0.4 is 9.47 Å². The van der Waals surface area contributed by atoms with Crippen molar-refractivity contribution in [2.24, 2.45) is 23.7 Å². The molecular weight excluding hydrogens is 761 g/mol. The number of carbonyl (C=O) groups excluding carboxylic acids is 2. The molecule has 0 aromatic heterocycles. The summed E-state index contributed by atoms with van der Waals surface area (Å²) in [7, 11) is 0. The Bertz CT molecular complexity index is 2800. The lowest BCUT2D eigenvalue weighted by atomic mass is 9.60. The summed E-state index contributed by atoms with van der Waals surface area (Å²) in [5.74, 6) is 2.20. The van der Waals surface area contributed by atoms with E-state index in [4.69, 9.17) is 9.47 Å². The Labute approximate surface area is 366 Å². The first-order valence-corrected chi connectivity index (χ1v) is 23.5. The number of ether oxygens (including phenoxy) is 2. The molecule has 6 heterocycles. The van der Waals surface area contributed by atoms with Crippen LogP contribution in [-0.4, -0.2) is 11.9 Å². The molecule has 310 valence electrons. The quantitative estimate of drug-likeness (QED) is 0.115. The summed E-state index contributed by atoms with van der Waals surface area (Å²) >= 11 is 0. The zero-order valence-corrected chi connectivity index (χ0v) is 36.2. The van der Waals surface area contributed by atoms with Crippen molar-refractivity contribution in [1.82, 2.24) is 0 Å². The monoisotopic (exact) mass is 814 g/mol. The van der Waals surface area contributed by atoms with Gasteiger partial charge in [-0.1, -0.05) is 89.9 Å². The van der Waals surface area contributed by atoms with Crippen LogP contribution in [0.2, 0.25) is 0 Å². The predicted octanol–water partition coefficient (Wildman–Crippen LogP) is 13.0. The Morgan fingerprint density at radius 1 is 0.484 bits per heavy atom. The minimum absolute atomic E-state index is 0.306. The molecule has 4 atom stereocenters. The number of allylic oxidation sites excluding steroid dienone is 15. The zero-order valence-electron chi connectivity index (χ0n) is 36.2. The second-order valence-electron chi connectivity index (χ2n) is 19.0. The third kappa shape index (κ3) is 6.97. The summed E-state index contributed by atoms with van der Waals surface area (Å²) in [6.07, 6.45) is 33.4. The number of hydrogen-bond acceptors (Lipinski definition) is 4. The largest absolute Gasteiger partial charge is 0.422 e. The van der Waals surface area contributed by atoms with E-state index < -0.39 is 5.97 Å². The van der Waals surface area contributed by atoms with Gasteiger partial charge in [-0.2, -0.15) is 0 Å². The molecule has 2 aromatic rings. The molecule has 2 aromatic carbocycles. The third-order valence-electron chi connectivity index (χ3n) is 15.4.